The van der Waals surface area contributed by atoms with Crippen molar-refractivity contribution in [3.8, 4) is 5.75 Å². The van der Waals surface area contributed by atoms with Gasteiger partial charge in [-0.1, -0.05) is 11.6 Å². The molecule has 0 radical (unpaired) electrons. The average Bonchev–Trinajstić information content (AvgIpc) is 2.65. The van der Waals surface area contributed by atoms with Gasteiger partial charge in [-0.25, -0.2) is 14.2 Å². The lowest BCUT2D eigenvalue weighted by Gasteiger charge is -2.10. The minimum absolute atomic E-state index is 0.000509. The lowest BCUT2D eigenvalue weighted by atomic mass is 10.1. The standard InChI is InChI=1S/C19H13ClFNO4/c1-25-19(24)16-9-18(14-8-13(21)6-7-15(14)22-16)26-10-17(23)11-2-4-12(20)5-3-11/h2-9H,10H2,1H3. The number of hydrogen-bond donors (Lipinski definition) is 0. The summed E-state index contributed by atoms with van der Waals surface area (Å²) in [5, 5.41) is 0.863. The Labute approximate surface area is 153 Å². The van der Waals surface area contributed by atoms with Gasteiger partial charge < -0.3 is 9.47 Å². The molecule has 0 N–H and O–H groups in total. The monoisotopic (exact) mass is 373 g/mol. The van der Waals surface area contributed by atoms with Crippen LogP contribution in [0.2, 0.25) is 5.02 Å². The predicted molar refractivity (Wildman–Crippen MR) is 94.3 cm³/mol. The zero-order chi connectivity index (χ0) is 18.7. The molecular weight excluding hydrogens is 361 g/mol. The van der Waals surface area contributed by atoms with E-state index in [9.17, 15) is 14.0 Å². The molecule has 0 atom stereocenters. The fourth-order valence-electron chi connectivity index (χ4n) is 2.36. The van der Waals surface area contributed by atoms with Crippen molar-refractivity contribution in [2.75, 3.05) is 13.7 Å². The Morgan fingerprint density at radius 2 is 1.85 bits per heavy atom. The number of ketones is 1. The molecular formula is C19H13ClFNO4. The maximum atomic E-state index is 13.6. The van der Waals surface area contributed by atoms with Crippen molar-refractivity contribution in [1.29, 1.82) is 0 Å². The van der Waals surface area contributed by atoms with Crippen LogP contribution in [0.1, 0.15) is 20.8 Å². The largest absolute Gasteiger partial charge is 0.485 e. The van der Waals surface area contributed by atoms with Gasteiger partial charge in [-0.3, -0.25) is 4.79 Å². The third-order valence-electron chi connectivity index (χ3n) is 3.65. The topological polar surface area (TPSA) is 65.5 Å². The molecule has 3 aromatic rings. The van der Waals surface area contributed by atoms with Gasteiger partial charge in [0, 0.05) is 22.0 Å². The highest BCUT2D eigenvalue weighted by Gasteiger charge is 2.15. The molecule has 3 rings (SSSR count). The van der Waals surface area contributed by atoms with Crippen LogP contribution in [0.3, 0.4) is 0 Å². The Hall–Kier alpha value is -2.99. The second-order valence-electron chi connectivity index (χ2n) is 5.38. The minimum Gasteiger partial charge on any atom is -0.485 e. The normalized spacial score (nSPS) is 10.6. The Kier molecular flexibility index (Phi) is 5.14. The van der Waals surface area contributed by atoms with E-state index in [0.717, 1.165) is 0 Å². The number of nitrogens with zero attached hydrogens (tertiary/aromatic N) is 1. The second-order valence-corrected chi connectivity index (χ2v) is 5.81. The smallest absolute Gasteiger partial charge is 0.356 e. The lowest BCUT2D eigenvalue weighted by Crippen LogP contribution is -2.13. The van der Waals surface area contributed by atoms with E-state index in [4.69, 9.17) is 16.3 Å². The molecule has 0 amide bonds. The molecule has 0 bridgehead atoms. The first kappa shape index (κ1) is 17.8. The number of halogens is 2. The first-order valence-electron chi connectivity index (χ1n) is 7.58. The quantitative estimate of drug-likeness (QED) is 0.498. The van der Waals surface area contributed by atoms with E-state index in [1.807, 2.05) is 0 Å². The van der Waals surface area contributed by atoms with Gasteiger partial charge in [-0.15, -0.1) is 0 Å². The van der Waals surface area contributed by atoms with E-state index < -0.39 is 11.8 Å². The van der Waals surface area contributed by atoms with E-state index >= 15 is 0 Å². The van der Waals surface area contributed by atoms with Gasteiger partial charge in [0.05, 0.1) is 12.6 Å². The number of ether oxygens (including phenoxy) is 2. The summed E-state index contributed by atoms with van der Waals surface area (Å²) in [6.45, 7) is -0.294. The number of benzene rings is 2. The van der Waals surface area contributed by atoms with Crippen LogP contribution in [0.4, 0.5) is 4.39 Å². The number of rotatable bonds is 5. The van der Waals surface area contributed by atoms with Crippen LogP contribution < -0.4 is 4.74 Å². The van der Waals surface area contributed by atoms with Crippen LogP contribution in [0.5, 0.6) is 5.75 Å². The summed E-state index contributed by atoms with van der Waals surface area (Å²) in [5.74, 6) is -1.27. The zero-order valence-corrected chi connectivity index (χ0v) is 14.4. The van der Waals surface area contributed by atoms with Crippen molar-refractivity contribution in [2.45, 2.75) is 0 Å². The molecule has 1 heterocycles. The number of carbonyl (C=O) groups is 2. The molecule has 7 heteroatoms. The van der Waals surface area contributed by atoms with Gasteiger partial charge in [0.2, 0.25) is 0 Å². The summed E-state index contributed by atoms with van der Waals surface area (Å²) < 4.78 is 23.8. The molecule has 0 aliphatic carbocycles. The number of aromatic nitrogens is 1. The van der Waals surface area contributed by atoms with Crippen molar-refractivity contribution in [2.24, 2.45) is 0 Å². The molecule has 2 aromatic carbocycles. The van der Waals surface area contributed by atoms with Crippen LogP contribution in [0.25, 0.3) is 10.9 Å². The summed E-state index contributed by atoms with van der Waals surface area (Å²) in [5.41, 5.74) is 0.774. The molecule has 0 saturated carbocycles. The number of methoxy groups -OCH3 is 1. The molecule has 0 fully saturated rings. The predicted octanol–water partition coefficient (Wildman–Crippen LogP) is 4.08. The van der Waals surface area contributed by atoms with E-state index in [1.54, 1.807) is 24.3 Å². The molecule has 1 aromatic heterocycles. The van der Waals surface area contributed by atoms with Crippen LogP contribution in [-0.2, 0) is 4.74 Å². The summed E-state index contributed by atoms with van der Waals surface area (Å²) in [6.07, 6.45) is 0. The van der Waals surface area contributed by atoms with Crippen molar-refractivity contribution in [1.82, 2.24) is 4.98 Å². The SMILES string of the molecule is COC(=O)c1cc(OCC(=O)c2ccc(Cl)cc2)c2cc(F)ccc2n1. The summed E-state index contributed by atoms with van der Waals surface area (Å²) in [4.78, 5) is 28.2. The molecule has 132 valence electrons. The third-order valence-corrected chi connectivity index (χ3v) is 3.90. The molecule has 0 aliphatic rings. The Morgan fingerprint density at radius 3 is 2.54 bits per heavy atom. The fraction of sp³-hybridized carbons (Fsp3) is 0.105. The third kappa shape index (κ3) is 3.81. The molecule has 0 spiro atoms. The molecule has 0 saturated heterocycles. The van der Waals surface area contributed by atoms with Crippen molar-refractivity contribution in [3.63, 3.8) is 0 Å². The molecule has 0 unspecified atom stereocenters. The van der Waals surface area contributed by atoms with Crippen molar-refractivity contribution >= 4 is 34.3 Å². The number of fused-ring (bicyclic) bond motifs is 1. The number of esters is 1. The van der Waals surface area contributed by atoms with Gasteiger partial charge in [-0.2, -0.15) is 0 Å². The van der Waals surface area contributed by atoms with Crippen LogP contribution in [-0.4, -0.2) is 30.5 Å². The summed E-state index contributed by atoms with van der Waals surface area (Å²) in [6, 6.07) is 11.6. The molecule has 5 nitrogen and oxygen atoms in total. The highest BCUT2D eigenvalue weighted by molar-refractivity contribution is 6.30. The number of pyridine rings is 1. The summed E-state index contributed by atoms with van der Waals surface area (Å²) >= 11 is 5.80. The number of carbonyl (C=O) groups excluding carboxylic acids is 2. The Balaban J connectivity index is 1.92. The Morgan fingerprint density at radius 1 is 1.12 bits per heavy atom. The van der Waals surface area contributed by atoms with Gasteiger partial charge in [0.1, 0.15) is 11.6 Å². The van der Waals surface area contributed by atoms with E-state index in [-0.39, 0.29) is 23.8 Å². The Bertz CT molecular complexity index is 989. The van der Waals surface area contributed by atoms with Crippen LogP contribution >= 0.6 is 11.6 Å². The highest BCUT2D eigenvalue weighted by Crippen LogP contribution is 2.27. The van der Waals surface area contributed by atoms with E-state index in [0.29, 0.717) is 21.5 Å². The van der Waals surface area contributed by atoms with Crippen LogP contribution in [0, 0.1) is 5.82 Å². The fourth-order valence-corrected chi connectivity index (χ4v) is 2.48. The summed E-state index contributed by atoms with van der Waals surface area (Å²) in [7, 11) is 1.23. The maximum absolute atomic E-state index is 13.6. The molecule has 0 aliphatic heterocycles. The lowest BCUT2D eigenvalue weighted by molar-refractivity contribution is 0.0594. The maximum Gasteiger partial charge on any atom is 0.356 e. The first-order chi connectivity index (χ1) is 12.5. The van der Waals surface area contributed by atoms with E-state index in [1.165, 1.54) is 31.4 Å². The number of Topliss-reactive ketones (excluding diaryl/α,β-unsaturated/α-hetero) is 1. The van der Waals surface area contributed by atoms with E-state index in [2.05, 4.69) is 9.72 Å². The number of hydrogen-bond acceptors (Lipinski definition) is 5. The van der Waals surface area contributed by atoms with Crippen molar-refractivity contribution < 1.29 is 23.5 Å². The second kappa shape index (κ2) is 7.49. The highest BCUT2D eigenvalue weighted by atomic mass is 35.5. The van der Waals surface area contributed by atoms with Gasteiger partial charge >= 0.3 is 5.97 Å². The molecule has 26 heavy (non-hydrogen) atoms. The van der Waals surface area contributed by atoms with Gasteiger partial charge in [0.15, 0.2) is 18.1 Å². The van der Waals surface area contributed by atoms with Crippen LogP contribution in [0.15, 0.2) is 48.5 Å². The van der Waals surface area contributed by atoms with Gasteiger partial charge in [0.25, 0.3) is 0 Å². The average molecular weight is 374 g/mol. The minimum atomic E-state index is -0.662. The van der Waals surface area contributed by atoms with Crippen molar-refractivity contribution in [3.05, 3.63) is 70.6 Å². The van der Waals surface area contributed by atoms with Gasteiger partial charge in [-0.05, 0) is 42.5 Å². The zero-order valence-electron chi connectivity index (χ0n) is 13.7. The first-order valence-corrected chi connectivity index (χ1v) is 7.96.